The van der Waals surface area contributed by atoms with Gasteiger partial charge in [0, 0.05) is 12.2 Å². The molecule has 1 atom stereocenters. The molecule has 0 bridgehead atoms. The van der Waals surface area contributed by atoms with E-state index in [-0.39, 0.29) is 6.04 Å². The predicted molar refractivity (Wildman–Crippen MR) is 74.8 cm³/mol. The van der Waals surface area contributed by atoms with Crippen molar-refractivity contribution in [3.8, 4) is 5.75 Å². The van der Waals surface area contributed by atoms with Crippen molar-refractivity contribution in [2.75, 3.05) is 19.8 Å². The summed E-state index contributed by atoms with van der Waals surface area (Å²) in [7, 11) is 0. The van der Waals surface area contributed by atoms with Gasteiger partial charge in [0.15, 0.2) is 0 Å². The highest BCUT2D eigenvalue weighted by molar-refractivity contribution is 5.35. The van der Waals surface area contributed by atoms with Crippen LogP contribution in [0.4, 0.5) is 0 Å². The van der Waals surface area contributed by atoms with Gasteiger partial charge in [-0.3, -0.25) is 0 Å². The van der Waals surface area contributed by atoms with Crippen molar-refractivity contribution in [1.82, 2.24) is 0 Å². The molecule has 0 aromatic heterocycles. The highest BCUT2D eigenvalue weighted by atomic mass is 16.5. The van der Waals surface area contributed by atoms with Crippen LogP contribution in [0.25, 0.3) is 0 Å². The molecular formula is C15H25NO2. The lowest BCUT2D eigenvalue weighted by Crippen LogP contribution is -2.19. The van der Waals surface area contributed by atoms with Crippen LogP contribution >= 0.6 is 0 Å². The monoisotopic (exact) mass is 251 g/mol. The molecule has 0 aliphatic rings. The van der Waals surface area contributed by atoms with E-state index in [9.17, 15) is 0 Å². The van der Waals surface area contributed by atoms with E-state index in [4.69, 9.17) is 15.2 Å². The van der Waals surface area contributed by atoms with Crippen molar-refractivity contribution in [1.29, 1.82) is 0 Å². The van der Waals surface area contributed by atoms with Gasteiger partial charge in [-0.25, -0.2) is 0 Å². The molecule has 0 saturated carbocycles. The predicted octanol–water partition coefficient (Wildman–Crippen LogP) is 3.15. The average molecular weight is 251 g/mol. The third-order valence-corrected chi connectivity index (χ3v) is 2.76. The molecule has 1 aromatic carbocycles. The second kappa shape index (κ2) is 8.11. The SMILES string of the molecule is CCOc1ccccc1C(N)COCCC(C)C. The van der Waals surface area contributed by atoms with Crippen LogP contribution in [0.5, 0.6) is 5.75 Å². The molecule has 18 heavy (non-hydrogen) atoms. The van der Waals surface area contributed by atoms with Gasteiger partial charge >= 0.3 is 0 Å². The van der Waals surface area contributed by atoms with Gasteiger partial charge in [0.25, 0.3) is 0 Å². The lowest BCUT2D eigenvalue weighted by atomic mass is 10.1. The Morgan fingerprint density at radius 3 is 2.61 bits per heavy atom. The molecule has 1 rings (SSSR count). The van der Waals surface area contributed by atoms with Crippen LogP contribution in [0, 0.1) is 5.92 Å². The Balaban J connectivity index is 2.47. The van der Waals surface area contributed by atoms with Crippen molar-refractivity contribution in [3.05, 3.63) is 29.8 Å². The van der Waals surface area contributed by atoms with Gasteiger partial charge in [-0.15, -0.1) is 0 Å². The van der Waals surface area contributed by atoms with Gasteiger partial charge in [-0.05, 0) is 25.3 Å². The maximum atomic E-state index is 6.14. The summed E-state index contributed by atoms with van der Waals surface area (Å²) in [5.74, 6) is 1.52. The molecule has 0 spiro atoms. The van der Waals surface area contributed by atoms with Gasteiger partial charge in [-0.1, -0.05) is 32.0 Å². The molecule has 3 nitrogen and oxygen atoms in total. The molecule has 0 aliphatic heterocycles. The van der Waals surface area contributed by atoms with E-state index < -0.39 is 0 Å². The van der Waals surface area contributed by atoms with Crippen LogP contribution in [0.1, 0.15) is 38.8 Å². The van der Waals surface area contributed by atoms with E-state index in [0.29, 0.717) is 19.1 Å². The molecule has 0 heterocycles. The van der Waals surface area contributed by atoms with Crippen molar-refractivity contribution in [2.45, 2.75) is 33.2 Å². The summed E-state index contributed by atoms with van der Waals surface area (Å²) in [5, 5.41) is 0. The molecule has 2 N–H and O–H groups in total. The minimum atomic E-state index is -0.125. The molecule has 0 fully saturated rings. The van der Waals surface area contributed by atoms with Gasteiger partial charge < -0.3 is 15.2 Å². The van der Waals surface area contributed by atoms with E-state index >= 15 is 0 Å². The molecule has 0 amide bonds. The van der Waals surface area contributed by atoms with Crippen LogP contribution in [0.15, 0.2) is 24.3 Å². The quantitative estimate of drug-likeness (QED) is 0.722. The Kier molecular flexibility index (Phi) is 6.76. The molecular weight excluding hydrogens is 226 g/mol. The number of ether oxygens (including phenoxy) is 2. The minimum Gasteiger partial charge on any atom is -0.494 e. The van der Waals surface area contributed by atoms with E-state index in [1.165, 1.54) is 0 Å². The molecule has 0 saturated heterocycles. The van der Waals surface area contributed by atoms with Crippen molar-refractivity contribution in [2.24, 2.45) is 11.7 Å². The first-order chi connectivity index (χ1) is 8.65. The first kappa shape index (κ1) is 15.0. The lowest BCUT2D eigenvalue weighted by molar-refractivity contribution is 0.110. The van der Waals surface area contributed by atoms with Gasteiger partial charge in [-0.2, -0.15) is 0 Å². The normalized spacial score (nSPS) is 12.7. The highest BCUT2D eigenvalue weighted by Gasteiger charge is 2.11. The maximum absolute atomic E-state index is 6.14. The van der Waals surface area contributed by atoms with E-state index in [1.54, 1.807) is 0 Å². The first-order valence-electron chi connectivity index (χ1n) is 6.70. The Hall–Kier alpha value is -1.06. The van der Waals surface area contributed by atoms with Gasteiger partial charge in [0.05, 0.1) is 19.3 Å². The summed E-state index contributed by atoms with van der Waals surface area (Å²) in [6.45, 7) is 8.31. The largest absolute Gasteiger partial charge is 0.494 e. The Bertz CT molecular complexity index is 339. The van der Waals surface area contributed by atoms with Gasteiger partial charge in [0.2, 0.25) is 0 Å². The number of para-hydroxylation sites is 1. The van der Waals surface area contributed by atoms with E-state index in [2.05, 4.69) is 13.8 Å². The number of benzene rings is 1. The zero-order valence-corrected chi connectivity index (χ0v) is 11.7. The topological polar surface area (TPSA) is 44.5 Å². The molecule has 0 aliphatic carbocycles. The minimum absolute atomic E-state index is 0.125. The number of hydrogen-bond acceptors (Lipinski definition) is 3. The summed E-state index contributed by atoms with van der Waals surface area (Å²) in [4.78, 5) is 0. The van der Waals surface area contributed by atoms with Crippen molar-refractivity contribution in [3.63, 3.8) is 0 Å². The zero-order chi connectivity index (χ0) is 13.4. The fourth-order valence-corrected chi connectivity index (χ4v) is 1.69. The van der Waals surface area contributed by atoms with Crippen molar-refractivity contribution >= 4 is 0 Å². The smallest absolute Gasteiger partial charge is 0.124 e. The van der Waals surface area contributed by atoms with Crippen LogP contribution in [-0.4, -0.2) is 19.8 Å². The van der Waals surface area contributed by atoms with Crippen LogP contribution in [0.2, 0.25) is 0 Å². The number of nitrogens with two attached hydrogens (primary N) is 1. The third kappa shape index (κ3) is 5.07. The highest BCUT2D eigenvalue weighted by Crippen LogP contribution is 2.23. The zero-order valence-electron chi connectivity index (χ0n) is 11.7. The molecule has 102 valence electrons. The van der Waals surface area contributed by atoms with Crippen molar-refractivity contribution < 1.29 is 9.47 Å². The summed E-state index contributed by atoms with van der Waals surface area (Å²) in [5.41, 5.74) is 7.16. The molecule has 3 heteroatoms. The van der Waals surface area contributed by atoms with E-state index in [1.807, 2.05) is 31.2 Å². The standard InChI is InChI=1S/C15H25NO2/c1-4-18-15-8-6-5-7-13(15)14(16)11-17-10-9-12(2)3/h5-8,12,14H,4,9-11,16H2,1-3H3. The second-order valence-corrected chi connectivity index (χ2v) is 4.83. The fraction of sp³-hybridized carbons (Fsp3) is 0.600. The summed E-state index contributed by atoms with van der Waals surface area (Å²) in [6, 6.07) is 7.76. The fourth-order valence-electron chi connectivity index (χ4n) is 1.69. The van der Waals surface area contributed by atoms with E-state index in [0.717, 1.165) is 24.3 Å². The van der Waals surface area contributed by atoms with Gasteiger partial charge in [0.1, 0.15) is 5.75 Å². The number of rotatable bonds is 8. The first-order valence-corrected chi connectivity index (χ1v) is 6.70. The Morgan fingerprint density at radius 2 is 1.94 bits per heavy atom. The summed E-state index contributed by atoms with van der Waals surface area (Å²) < 4.78 is 11.2. The number of hydrogen-bond donors (Lipinski definition) is 1. The summed E-state index contributed by atoms with van der Waals surface area (Å²) in [6.07, 6.45) is 1.07. The van der Waals surface area contributed by atoms with Crippen LogP contribution in [0.3, 0.4) is 0 Å². The molecule has 0 radical (unpaired) electrons. The van der Waals surface area contributed by atoms with Crippen LogP contribution < -0.4 is 10.5 Å². The maximum Gasteiger partial charge on any atom is 0.124 e. The average Bonchev–Trinajstić information content (AvgIpc) is 2.35. The third-order valence-electron chi connectivity index (χ3n) is 2.76. The Morgan fingerprint density at radius 1 is 1.22 bits per heavy atom. The Labute approximate surface area is 110 Å². The lowest BCUT2D eigenvalue weighted by Gasteiger charge is -2.17. The molecule has 1 aromatic rings. The second-order valence-electron chi connectivity index (χ2n) is 4.83. The molecule has 1 unspecified atom stereocenters. The van der Waals surface area contributed by atoms with Crippen LogP contribution in [-0.2, 0) is 4.74 Å². The summed E-state index contributed by atoms with van der Waals surface area (Å²) >= 11 is 0.